The van der Waals surface area contributed by atoms with E-state index in [-0.39, 0.29) is 19.4 Å². The van der Waals surface area contributed by atoms with Crippen LogP contribution < -0.4 is 11.5 Å². The maximum atomic E-state index is 10.3. The molecule has 0 bridgehead atoms. The monoisotopic (exact) mass is 150 g/mol. The summed E-state index contributed by atoms with van der Waals surface area (Å²) in [7, 11) is 0. The van der Waals surface area contributed by atoms with Crippen LogP contribution in [0.25, 0.3) is 0 Å². The minimum atomic E-state index is -1.58. The van der Waals surface area contributed by atoms with Crippen LogP contribution in [-0.4, -0.2) is 23.7 Å². The van der Waals surface area contributed by atoms with Crippen LogP contribution in [0.2, 0.25) is 0 Å². The Kier molecular flexibility index (Phi) is 3.18. The van der Waals surface area contributed by atoms with Gasteiger partial charge in [0.05, 0.1) is 0 Å². The van der Waals surface area contributed by atoms with E-state index < -0.39 is 18.4 Å². The summed E-state index contributed by atoms with van der Waals surface area (Å²) in [6, 6.07) is -1.15. The summed E-state index contributed by atoms with van der Waals surface area (Å²) < 4.78 is 14.6. The summed E-state index contributed by atoms with van der Waals surface area (Å²) in [4.78, 5) is 10.3. The van der Waals surface area contributed by atoms with Crippen molar-refractivity contribution in [3.63, 3.8) is 0 Å². The summed E-state index contributed by atoms with van der Waals surface area (Å²) >= 11 is 0. The van der Waals surface area contributed by atoms with Crippen molar-refractivity contribution in [2.24, 2.45) is 11.5 Å². The Balaban J connectivity index is 3.95. The molecule has 4 heteroatoms. The first kappa shape index (κ1) is 6.12. The molecule has 0 unspecified atom stereocenters. The fraction of sp³-hybridized carbons (Fsp3) is 0.833. The minimum Gasteiger partial charge on any atom is -0.480 e. The highest BCUT2D eigenvalue weighted by molar-refractivity contribution is 5.72. The number of nitrogens with two attached hydrogens (primary N) is 2. The van der Waals surface area contributed by atoms with Gasteiger partial charge >= 0.3 is 5.97 Å². The standard InChI is InChI=1S/C6H14N2O2/c7-4-2-1-3-5(8)6(9)10/h5H,1-4,7-8H2,(H,9,10)/t5-/m0/s1/i1T2. The molecule has 0 aliphatic carbocycles. The van der Waals surface area contributed by atoms with E-state index in [2.05, 4.69) is 0 Å². The van der Waals surface area contributed by atoms with Gasteiger partial charge in [0, 0.05) is 2.74 Å². The lowest BCUT2D eigenvalue weighted by molar-refractivity contribution is -0.138. The van der Waals surface area contributed by atoms with Crippen molar-refractivity contribution < 1.29 is 12.6 Å². The highest BCUT2D eigenvalue weighted by atomic mass is 16.4. The third-order valence-electron chi connectivity index (χ3n) is 1.00. The van der Waals surface area contributed by atoms with Crippen LogP contribution in [0.15, 0.2) is 0 Å². The Morgan fingerprint density at radius 2 is 2.40 bits per heavy atom. The van der Waals surface area contributed by atoms with Gasteiger partial charge in [-0.15, -0.1) is 0 Å². The number of hydrogen-bond acceptors (Lipinski definition) is 3. The van der Waals surface area contributed by atoms with Crippen molar-refractivity contribution in [2.75, 3.05) is 6.54 Å². The van der Waals surface area contributed by atoms with Gasteiger partial charge in [-0.05, 0) is 19.4 Å². The lowest BCUT2D eigenvalue weighted by Crippen LogP contribution is -2.29. The summed E-state index contributed by atoms with van der Waals surface area (Å²) in [5.74, 6) is -1.18. The SMILES string of the molecule is [3H]C([3H])(CCN)C[C@H](N)C(=O)O. The van der Waals surface area contributed by atoms with Crippen LogP contribution in [0.3, 0.4) is 0 Å². The highest BCUT2D eigenvalue weighted by Crippen LogP contribution is 1.96. The zero-order chi connectivity index (χ0) is 9.78. The Labute approximate surface area is 63.0 Å². The second-order valence-corrected chi connectivity index (χ2v) is 1.94. The zero-order valence-corrected chi connectivity index (χ0v) is 5.71. The van der Waals surface area contributed by atoms with Gasteiger partial charge in [0.2, 0.25) is 0 Å². The van der Waals surface area contributed by atoms with Crippen LogP contribution >= 0.6 is 0 Å². The Bertz CT molecular complexity index is 164. The fourth-order valence-corrected chi connectivity index (χ4v) is 0.447. The molecule has 0 rings (SSSR count). The summed E-state index contributed by atoms with van der Waals surface area (Å²) in [5.41, 5.74) is 10.3. The molecule has 0 saturated carbocycles. The molecule has 0 heterocycles. The van der Waals surface area contributed by atoms with Gasteiger partial charge in [-0.3, -0.25) is 4.79 Å². The van der Waals surface area contributed by atoms with Crippen LogP contribution in [0.5, 0.6) is 0 Å². The smallest absolute Gasteiger partial charge is 0.320 e. The molecule has 60 valence electrons. The summed E-state index contributed by atoms with van der Waals surface area (Å²) in [6.07, 6.45) is -1.64. The summed E-state index contributed by atoms with van der Waals surface area (Å²) in [6.45, 7) is 0.194. The number of rotatable bonds is 5. The van der Waals surface area contributed by atoms with Gasteiger partial charge in [-0.25, -0.2) is 0 Å². The molecule has 5 N–H and O–H groups in total. The molecule has 0 aliphatic heterocycles. The normalized spacial score (nSPS) is 17.4. The predicted octanol–water partition coefficient (Wildman–Crippen LogP) is -0.473. The van der Waals surface area contributed by atoms with Gasteiger partial charge in [0.15, 0.2) is 0 Å². The third-order valence-corrected chi connectivity index (χ3v) is 1.00. The molecule has 0 spiro atoms. The maximum absolute atomic E-state index is 10.3. The molecular weight excluding hydrogens is 132 g/mol. The van der Waals surface area contributed by atoms with Gasteiger partial charge in [0.1, 0.15) is 6.04 Å². The lowest BCUT2D eigenvalue weighted by Gasteiger charge is -2.03. The van der Waals surface area contributed by atoms with Crippen LogP contribution in [0, 0.1) is 0 Å². The molecule has 10 heavy (non-hydrogen) atoms. The molecule has 0 saturated heterocycles. The average Bonchev–Trinajstić information content (AvgIpc) is 1.85. The van der Waals surface area contributed by atoms with Gasteiger partial charge in [-0.2, -0.15) is 0 Å². The number of aliphatic carboxylic acids is 1. The highest BCUT2D eigenvalue weighted by Gasteiger charge is 2.09. The molecule has 0 fully saturated rings. The average molecular weight is 150 g/mol. The molecule has 0 aliphatic rings. The van der Waals surface area contributed by atoms with Crippen molar-refractivity contribution in [3.8, 4) is 0 Å². The first-order valence-electron chi connectivity index (χ1n) is 4.07. The van der Waals surface area contributed by atoms with Crippen molar-refractivity contribution in [2.45, 2.75) is 25.3 Å². The van der Waals surface area contributed by atoms with E-state index in [1.54, 1.807) is 0 Å². The van der Waals surface area contributed by atoms with E-state index in [0.717, 1.165) is 0 Å². The Hall–Kier alpha value is -0.610. The first-order chi connectivity index (χ1) is 5.39. The van der Waals surface area contributed by atoms with Crippen LogP contribution in [0.4, 0.5) is 0 Å². The van der Waals surface area contributed by atoms with E-state index in [4.69, 9.17) is 19.3 Å². The van der Waals surface area contributed by atoms with Gasteiger partial charge in [-0.1, -0.05) is 6.37 Å². The molecule has 4 nitrogen and oxygen atoms in total. The second-order valence-electron chi connectivity index (χ2n) is 1.94. The van der Waals surface area contributed by atoms with E-state index >= 15 is 0 Å². The fourth-order valence-electron chi connectivity index (χ4n) is 0.447. The van der Waals surface area contributed by atoms with E-state index in [0.29, 0.717) is 0 Å². The molecule has 1 atom stereocenters. The molecule has 0 aromatic heterocycles. The number of carboxylic acid groups (broad SMARTS) is 1. The number of hydrogen-bond donors (Lipinski definition) is 3. The van der Waals surface area contributed by atoms with Gasteiger partial charge in [0.25, 0.3) is 0 Å². The molecular formula is C6H14N2O2. The van der Waals surface area contributed by atoms with E-state index in [1.165, 1.54) is 0 Å². The first-order valence-corrected chi connectivity index (χ1v) is 3.07. The minimum absolute atomic E-state index is 0.133. The van der Waals surface area contributed by atoms with Crippen LogP contribution in [-0.2, 0) is 4.79 Å². The van der Waals surface area contributed by atoms with Crippen molar-refractivity contribution >= 4 is 5.97 Å². The number of carboxylic acids is 1. The maximum Gasteiger partial charge on any atom is 0.320 e. The molecule has 0 aromatic rings. The van der Waals surface area contributed by atoms with Crippen molar-refractivity contribution in [1.82, 2.24) is 0 Å². The second kappa shape index (κ2) is 5.20. The topological polar surface area (TPSA) is 89.3 Å². The molecule has 0 radical (unpaired) electrons. The van der Waals surface area contributed by atoms with Gasteiger partial charge < -0.3 is 16.6 Å². The molecule has 0 amide bonds. The predicted molar refractivity (Wildman–Crippen MR) is 38.5 cm³/mol. The quantitative estimate of drug-likeness (QED) is 0.494. The van der Waals surface area contributed by atoms with Crippen LogP contribution in [0.1, 0.15) is 22.0 Å². The van der Waals surface area contributed by atoms with Crippen molar-refractivity contribution in [3.05, 3.63) is 0 Å². The largest absolute Gasteiger partial charge is 0.480 e. The molecule has 0 aromatic carbocycles. The van der Waals surface area contributed by atoms with E-state index in [9.17, 15) is 4.79 Å². The van der Waals surface area contributed by atoms with Crippen molar-refractivity contribution in [1.29, 1.82) is 0 Å². The Morgan fingerprint density at radius 3 is 2.80 bits per heavy atom. The number of carbonyl (C=O) groups is 1. The zero-order valence-electron chi connectivity index (χ0n) is 7.71. The summed E-state index contributed by atoms with van der Waals surface area (Å²) in [5, 5.41) is 8.39. The Morgan fingerprint density at radius 1 is 1.80 bits per heavy atom. The lowest BCUT2D eigenvalue weighted by atomic mass is 10.1. The van der Waals surface area contributed by atoms with E-state index in [1.807, 2.05) is 0 Å². The third kappa shape index (κ3) is 4.29.